The van der Waals surface area contributed by atoms with Gasteiger partial charge >= 0.3 is 11.8 Å². The van der Waals surface area contributed by atoms with Crippen LogP contribution in [0.2, 0.25) is 5.02 Å². The van der Waals surface area contributed by atoms with E-state index in [0.717, 1.165) is 11.1 Å². The van der Waals surface area contributed by atoms with Crippen LogP contribution in [0.1, 0.15) is 27.7 Å². The van der Waals surface area contributed by atoms with E-state index in [1.54, 1.807) is 24.3 Å². The number of aromatic nitrogens is 2. The third-order valence-corrected chi connectivity index (χ3v) is 3.55. The number of carbonyl (C=O) groups is 1. The lowest BCUT2D eigenvalue weighted by Gasteiger charge is -2.02. The second kappa shape index (κ2) is 7.23. The molecule has 1 aromatic heterocycles. The fourth-order valence-electron chi connectivity index (χ4n) is 2.05. The van der Waals surface area contributed by atoms with Crippen LogP contribution < -0.4 is 5.32 Å². The van der Waals surface area contributed by atoms with Crippen molar-refractivity contribution in [3.8, 4) is 0 Å². The molecular formula is C17H13ClFN3O2. The number of hydrogen-bond donors (Lipinski definition) is 1. The van der Waals surface area contributed by atoms with Gasteiger partial charge in [0.05, 0.1) is 6.42 Å². The van der Waals surface area contributed by atoms with Crippen LogP contribution in [0, 0.1) is 5.82 Å². The summed E-state index contributed by atoms with van der Waals surface area (Å²) >= 11 is 5.83. The molecule has 0 radical (unpaired) electrons. The first-order valence-corrected chi connectivity index (χ1v) is 7.57. The topological polar surface area (TPSA) is 68.0 Å². The molecule has 0 fully saturated rings. The first-order valence-electron chi connectivity index (χ1n) is 7.19. The molecule has 5 nitrogen and oxygen atoms in total. The van der Waals surface area contributed by atoms with Gasteiger partial charge in [-0.2, -0.15) is 0 Å². The van der Waals surface area contributed by atoms with E-state index >= 15 is 0 Å². The van der Waals surface area contributed by atoms with E-state index in [1.807, 2.05) is 12.1 Å². The Morgan fingerprint density at radius 1 is 1.04 bits per heavy atom. The van der Waals surface area contributed by atoms with Gasteiger partial charge in [-0.05, 0) is 35.4 Å². The average molecular weight is 346 g/mol. The molecule has 0 bridgehead atoms. The zero-order valence-electron chi connectivity index (χ0n) is 12.5. The smallest absolute Gasteiger partial charge is 0.309 e. The molecule has 3 rings (SSSR count). The maximum absolute atomic E-state index is 12.8. The van der Waals surface area contributed by atoms with Crippen molar-refractivity contribution in [3.63, 3.8) is 0 Å². The third kappa shape index (κ3) is 4.17. The minimum Gasteiger partial charge on any atom is -0.417 e. The van der Waals surface area contributed by atoms with Crippen molar-refractivity contribution in [2.75, 3.05) is 0 Å². The molecule has 7 heteroatoms. The Morgan fingerprint density at radius 2 is 1.71 bits per heavy atom. The van der Waals surface area contributed by atoms with Gasteiger partial charge in [0.2, 0.25) is 5.89 Å². The highest BCUT2D eigenvalue weighted by atomic mass is 35.5. The Morgan fingerprint density at radius 3 is 2.42 bits per heavy atom. The van der Waals surface area contributed by atoms with E-state index in [1.165, 1.54) is 12.1 Å². The summed E-state index contributed by atoms with van der Waals surface area (Å²) in [5, 5.41) is 10.9. The molecular weight excluding hydrogens is 333 g/mol. The van der Waals surface area contributed by atoms with Gasteiger partial charge in [-0.1, -0.05) is 35.9 Å². The number of nitrogens with zero attached hydrogens (tertiary/aromatic N) is 2. The second-order valence-corrected chi connectivity index (χ2v) is 5.55. The second-order valence-electron chi connectivity index (χ2n) is 5.11. The third-order valence-electron chi connectivity index (χ3n) is 3.30. The van der Waals surface area contributed by atoms with Crippen LogP contribution in [0.5, 0.6) is 0 Å². The number of halogens is 2. The zero-order chi connectivity index (χ0) is 16.9. The van der Waals surface area contributed by atoms with Crippen molar-refractivity contribution in [1.82, 2.24) is 15.5 Å². The van der Waals surface area contributed by atoms with Crippen LogP contribution in [-0.2, 0) is 13.0 Å². The normalized spacial score (nSPS) is 10.6. The molecule has 24 heavy (non-hydrogen) atoms. The monoisotopic (exact) mass is 345 g/mol. The number of rotatable bonds is 5. The van der Waals surface area contributed by atoms with Crippen molar-refractivity contribution < 1.29 is 13.6 Å². The molecule has 0 saturated carbocycles. The van der Waals surface area contributed by atoms with Gasteiger partial charge in [0.15, 0.2) is 0 Å². The molecule has 0 aliphatic heterocycles. The highest BCUT2D eigenvalue weighted by molar-refractivity contribution is 6.30. The van der Waals surface area contributed by atoms with Crippen molar-refractivity contribution in [1.29, 1.82) is 0 Å². The van der Waals surface area contributed by atoms with Gasteiger partial charge in [-0.3, -0.25) is 4.79 Å². The largest absolute Gasteiger partial charge is 0.417 e. The fraction of sp³-hybridized carbons (Fsp3) is 0.118. The zero-order valence-corrected chi connectivity index (χ0v) is 13.3. The van der Waals surface area contributed by atoms with E-state index in [9.17, 15) is 9.18 Å². The van der Waals surface area contributed by atoms with Gasteiger partial charge in [-0.25, -0.2) is 4.39 Å². The molecule has 122 valence electrons. The van der Waals surface area contributed by atoms with Gasteiger partial charge in [0, 0.05) is 11.6 Å². The number of carbonyl (C=O) groups excluding carboxylic acids is 1. The highest BCUT2D eigenvalue weighted by Gasteiger charge is 2.14. The first-order chi connectivity index (χ1) is 11.6. The number of amides is 1. The SMILES string of the molecule is O=C(NCc1ccc(F)cc1)c1nnc(Cc2ccc(Cl)cc2)o1. The lowest BCUT2D eigenvalue weighted by Crippen LogP contribution is -2.23. The van der Waals surface area contributed by atoms with E-state index in [0.29, 0.717) is 17.3 Å². The van der Waals surface area contributed by atoms with E-state index in [2.05, 4.69) is 15.5 Å². The Kier molecular flexibility index (Phi) is 4.86. The predicted octanol–water partition coefficient (Wildman–Crippen LogP) is 3.38. The van der Waals surface area contributed by atoms with Gasteiger partial charge in [0.25, 0.3) is 0 Å². The van der Waals surface area contributed by atoms with Crippen molar-refractivity contribution in [3.05, 3.63) is 82.3 Å². The summed E-state index contributed by atoms with van der Waals surface area (Å²) in [5.74, 6) is -0.576. The van der Waals surface area contributed by atoms with Crippen LogP contribution in [0.3, 0.4) is 0 Å². The van der Waals surface area contributed by atoms with Crippen molar-refractivity contribution in [2.24, 2.45) is 0 Å². The van der Waals surface area contributed by atoms with Crippen LogP contribution in [0.25, 0.3) is 0 Å². The molecule has 0 saturated heterocycles. The Balaban J connectivity index is 1.59. The van der Waals surface area contributed by atoms with Crippen LogP contribution >= 0.6 is 11.6 Å². The summed E-state index contributed by atoms with van der Waals surface area (Å²) in [6.07, 6.45) is 0.412. The molecule has 1 amide bonds. The summed E-state index contributed by atoms with van der Waals surface area (Å²) in [6.45, 7) is 0.244. The summed E-state index contributed by atoms with van der Waals surface area (Å²) in [6, 6.07) is 13.1. The molecule has 0 aliphatic rings. The lowest BCUT2D eigenvalue weighted by atomic mass is 10.1. The quantitative estimate of drug-likeness (QED) is 0.769. The van der Waals surface area contributed by atoms with Gasteiger partial charge in [0.1, 0.15) is 5.82 Å². The minimum absolute atomic E-state index is 0.110. The molecule has 1 N–H and O–H groups in total. The summed E-state index contributed by atoms with van der Waals surface area (Å²) in [7, 11) is 0. The minimum atomic E-state index is -0.478. The fourth-order valence-corrected chi connectivity index (χ4v) is 2.18. The molecule has 3 aromatic rings. The molecule has 0 unspecified atom stereocenters. The van der Waals surface area contributed by atoms with Crippen molar-refractivity contribution >= 4 is 17.5 Å². The van der Waals surface area contributed by atoms with Crippen LogP contribution in [-0.4, -0.2) is 16.1 Å². The summed E-state index contributed by atoms with van der Waals surface area (Å²) in [4.78, 5) is 12.0. The molecule has 0 atom stereocenters. The molecule has 0 aliphatic carbocycles. The van der Waals surface area contributed by atoms with E-state index < -0.39 is 5.91 Å². The number of nitrogens with one attached hydrogen (secondary N) is 1. The lowest BCUT2D eigenvalue weighted by molar-refractivity contribution is 0.0914. The highest BCUT2D eigenvalue weighted by Crippen LogP contribution is 2.13. The molecule has 2 aromatic carbocycles. The number of benzene rings is 2. The molecule has 0 spiro atoms. The Hall–Kier alpha value is -2.73. The predicted molar refractivity (Wildman–Crippen MR) is 86.1 cm³/mol. The van der Waals surface area contributed by atoms with Crippen LogP contribution in [0.15, 0.2) is 52.9 Å². The number of hydrogen-bond acceptors (Lipinski definition) is 4. The van der Waals surface area contributed by atoms with Crippen molar-refractivity contribution in [2.45, 2.75) is 13.0 Å². The van der Waals surface area contributed by atoms with Crippen LogP contribution in [0.4, 0.5) is 4.39 Å². The van der Waals surface area contributed by atoms with E-state index in [-0.39, 0.29) is 18.3 Å². The summed E-state index contributed by atoms with van der Waals surface area (Å²) in [5.41, 5.74) is 1.71. The maximum Gasteiger partial charge on any atom is 0.309 e. The first kappa shape index (κ1) is 16.1. The molecule has 1 heterocycles. The Bertz CT molecular complexity index is 832. The average Bonchev–Trinajstić information content (AvgIpc) is 3.05. The maximum atomic E-state index is 12.8. The Labute approximate surface area is 142 Å². The van der Waals surface area contributed by atoms with Gasteiger partial charge in [-0.15, -0.1) is 10.2 Å². The van der Waals surface area contributed by atoms with E-state index in [4.69, 9.17) is 16.0 Å². The van der Waals surface area contributed by atoms with Gasteiger partial charge < -0.3 is 9.73 Å². The summed E-state index contributed by atoms with van der Waals surface area (Å²) < 4.78 is 18.2. The standard InChI is InChI=1S/C17H13ClFN3O2/c18-13-5-1-11(2-6-13)9-15-21-22-17(24-15)16(23)20-10-12-3-7-14(19)8-4-12/h1-8H,9-10H2,(H,20,23).